The van der Waals surface area contributed by atoms with E-state index in [2.05, 4.69) is 15.3 Å². The number of carbonyl (C=O) groups excluding carboxylic acids is 3. The minimum absolute atomic E-state index is 0.235. The largest absolute Gasteiger partial charge is 0.481 e. The molecule has 3 amide bonds. The smallest absolute Gasteiger partial charge is 0.326 e. The van der Waals surface area contributed by atoms with Gasteiger partial charge < -0.3 is 47.1 Å². The second-order valence-corrected chi connectivity index (χ2v) is 6.79. The van der Waals surface area contributed by atoms with E-state index < -0.39 is 79.2 Å². The average molecular weight is 472 g/mol. The number of aliphatic hydroxyl groups excluding tert-OH is 1. The zero-order valence-electron chi connectivity index (χ0n) is 17.1. The van der Waals surface area contributed by atoms with Gasteiger partial charge in [0.2, 0.25) is 17.7 Å². The number of imidazole rings is 1. The van der Waals surface area contributed by atoms with Gasteiger partial charge in [-0.3, -0.25) is 24.0 Å². The fourth-order valence-electron chi connectivity index (χ4n) is 2.50. The predicted octanol–water partition coefficient (Wildman–Crippen LogP) is -4.24. The van der Waals surface area contributed by atoms with Crippen molar-refractivity contribution in [2.24, 2.45) is 5.73 Å². The number of aromatic nitrogens is 2. The molecule has 0 aliphatic carbocycles. The number of aliphatic hydroxyl groups is 1. The summed E-state index contributed by atoms with van der Waals surface area (Å²) < 4.78 is 0. The Morgan fingerprint density at radius 1 is 0.879 bits per heavy atom. The van der Waals surface area contributed by atoms with Crippen LogP contribution in [0.25, 0.3) is 0 Å². The number of amides is 3. The van der Waals surface area contributed by atoms with Crippen LogP contribution < -0.4 is 21.7 Å². The van der Waals surface area contributed by atoms with Crippen LogP contribution in [0.3, 0.4) is 0 Å². The second-order valence-electron chi connectivity index (χ2n) is 6.79. The zero-order valence-corrected chi connectivity index (χ0v) is 17.1. The van der Waals surface area contributed by atoms with Crippen LogP contribution in [0.5, 0.6) is 0 Å². The van der Waals surface area contributed by atoms with Gasteiger partial charge >= 0.3 is 17.9 Å². The molecule has 0 saturated heterocycles. The second kappa shape index (κ2) is 12.7. The fraction of sp³-hybridized carbons (Fsp3) is 0.471. The van der Waals surface area contributed by atoms with Crippen LogP contribution in [0.4, 0.5) is 0 Å². The van der Waals surface area contributed by atoms with E-state index in [1.54, 1.807) is 0 Å². The maximum absolute atomic E-state index is 12.6. The van der Waals surface area contributed by atoms with Crippen LogP contribution in [0.1, 0.15) is 18.5 Å². The van der Waals surface area contributed by atoms with E-state index in [9.17, 15) is 33.9 Å². The van der Waals surface area contributed by atoms with Gasteiger partial charge in [0.05, 0.1) is 31.8 Å². The van der Waals surface area contributed by atoms with Crippen molar-refractivity contribution in [2.75, 3.05) is 6.61 Å². The molecule has 0 radical (unpaired) electrons. The van der Waals surface area contributed by atoms with E-state index in [0.717, 1.165) is 0 Å². The third-order valence-electron chi connectivity index (χ3n) is 4.15. The normalized spacial score (nSPS) is 14.2. The molecule has 1 rings (SSSR count). The van der Waals surface area contributed by atoms with Gasteiger partial charge in [-0.2, -0.15) is 0 Å². The lowest BCUT2D eigenvalue weighted by Crippen LogP contribution is -2.58. The molecule has 0 spiro atoms. The molecule has 1 aromatic rings. The van der Waals surface area contributed by atoms with Crippen LogP contribution in [0, 0.1) is 0 Å². The summed E-state index contributed by atoms with van der Waals surface area (Å²) in [6, 6.07) is -6.39. The van der Waals surface area contributed by atoms with Gasteiger partial charge in [-0.1, -0.05) is 0 Å². The highest BCUT2D eigenvalue weighted by Crippen LogP contribution is 2.03. The number of carboxylic acid groups (broad SMARTS) is 3. The van der Waals surface area contributed by atoms with Gasteiger partial charge in [0.15, 0.2) is 0 Å². The third kappa shape index (κ3) is 9.32. The molecule has 0 aliphatic heterocycles. The molecule has 0 bridgehead atoms. The van der Waals surface area contributed by atoms with Crippen molar-refractivity contribution in [1.82, 2.24) is 25.9 Å². The Morgan fingerprint density at radius 3 is 1.91 bits per heavy atom. The maximum atomic E-state index is 12.6. The Bertz CT molecular complexity index is 874. The van der Waals surface area contributed by atoms with Crippen molar-refractivity contribution in [3.63, 3.8) is 0 Å². The molecule has 0 saturated carbocycles. The number of rotatable bonds is 14. The molecule has 16 heteroatoms. The first-order valence-electron chi connectivity index (χ1n) is 9.35. The summed E-state index contributed by atoms with van der Waals surface area (Å²) >= 11 is 0. The van der Waals surface area contributed by atoms with E-state index in [0.29, 0.717) is 5.69 Å². The molecule has 0 fully saturated rings. The van der Waals surface area contributed by atoms with Gasteiger partial charge in [0, 0.05) is 18.3 Å². The molecule has 4 atom stereocenters. The fourth-order valence-corrected chi connectivity index (χ4v) is 2.50. The first-order chi connectivity index (χ1) is 15.4. The Hall–Kier alpha value is -4.05. The lowest BCUT2D eigenvalue weighted by Gasteiger charge is -2.23. The number of aromatic amines is 1. The highest BCUT2D eigenvalue weighted by Gasteiger charge is 2.31. The minimum atomic E-state index is -1.79. The molecular weight excluding hydrogens is 448 g/mol. The van der Waals surface area contributed by atoms with Crippen molar-refractivity contribution in [2.45, 2.75) is 43.4 Å². The number of nitrogens with one attached hydrogen (secondary N) is 4. The number of carboxylic acids is 3. The number of aliphatic carboxylic acids is 3. The highest BCUT2D eigenvalue weighted by atomic mass is 16.4. The Labute approximate surface area is 185 Å². The number of hydrogen-bond acceptors (Lipinski definition) is 9. The number of hydrogen-bond donors (Lipinski definition) is 9. The molecule has 1 aromatic heterocycles. The minimum Gasteiger partial charge on any atom is -0.481 e. The summed E-state index contributed by atoms with van der Waals surface area (Å²) in [5, 5.41) is 42.3. The number of carbonyl (C=O) groups is 6. The number of nitrogens with two attached hydrogens (primary N) is 1. The van der Waals surface area contributed by atoms with Gasteiger partial charge in [-0.15, -0.1) is 0 Å². The topological polar surface area (TPSA) is 274 Å². The highest BCUT2D eigenvalue weighted by molar-refractivity contribution is 5.95. The zero-order chi connectivity index (χ0) is 25.1. The first kappa shape index (κ1) is 27.0. The third-order valence-corrected chi connectivity index (χ3v) is 4.15. The molecule has 10 N–H and O–H groups in total. The van der Waals surface area contributed by atoms with Crippen LogP contribution in [0.15, 0.2) is 12.5 Å². The number of H-pyrrole nitrogens is 1. The first-order valence-corrected chi connectivity index (χ1v) is 9.35. The molecule has 16 nitrogen and oxygen atoms in total. The van der Waals surface area contributed by atoms with Crippen molar-refractivity contribution in [3.05, 3.63) is 18.2 Å². The monoisotopic (exact) mass is 472 g/mol. The predicted molar refractivity (Wildman–Crippen MR) is 105 cm³/mol. The summed E-state index contributed by atoms with van der Waals surface area (Å²) in [6.45, 7) is -0.938. The number of nitrogens with zero attached hydrogens (tertiary/aromatic N) is 1. The standard InChI is InChI=1S/C17H24N6O10/c18-8(2-12(25)26)14(29)23-11(5-24)16(31)21-9(1-7-4-19-6-20-7)15(30)22-10(17(32)33)3-13(27)28/h4,6,8-11,24H,1-3,5,18H2,(H,19,20)(H,21,31)(H,22,30)(H,23,29)(H,25,26)(H,27,28)(H,32,33). The van der Waals surface area contributed by atoms with Crippen molar-refractivity contribution >= 4 is 35.6 Å². The Morgan fingerprint density at radius 2 is 1.42 bits per heavy atom. The molecule has 4 unspecified atom stereocenters. The molecule has 182 valence electrons. The average Bonchev–Trinajstić information content (AvgIpc) is 3.22. The van der Waals surface area contributed by atoms with E-state index in [-0.39, 0.29) is 6.42 Å². The van der Waals surface area contributed by atoms with Crippen molar-refractivity contribution < 1.29 is 49.2 Å². The molecule has 0 aliphatic rings. The van der Waals surface area contributed by atoms with Crippen molar-refractivity contribution in [3.8, 4) is 0 Å². The van der Waals surface area contributed by atoms with Crippen molar-refractivity contribution in [1.29, 1.82) is 0 Å². The Balaban J connectivity index is 2.96. The van der Waals surface area contributed by atoms with E-state index in [1.807, 2.05) is 10.6 Å². The van der Waals surface area contributed by atoms with Crippen LogP contribution >= 0.6 is 0 Å². The van der Waals surface area contributed by atoms with E-state index in [4.69, 9.17) is 21.1 Å². The lowest BCUT2D eigenvalue weighted by atomic mass is 10.1. The van der Waals surface area contributed by atoms with E-state index >= 15 is 0 Å². The quantitative estimate of drug-likeness (QED) is 0.124. The van der Waals surface area contributed by atoms with Crippen LogP contribution in [-0.4, -0.2) is 96.8 Å². The molecule has 1 heterocycles. The lowest BCUT2D eigenvalue weighted by molar-refractivity contribution is -0.147. The van der Waals surface area contributed by atoms with Crippen LogP contribution in [-0.2, 0) is 35.2 Å². The summed E-state index contributed by atoms with van der Waals surface area (Å²) in [4.78, 5) is 76.2. The SMILES string of the molecule is NC(CC(=O)O)C(=O)NC(CO)C(=O)NC(Cc1cnc[nH]1)C(=O)NC(CC(=O)O)C(=O)O. The molecule has 33 heavy (non-hydrogen) atoms. The summed E-state index contributed by atoms with van der Waals surface area (Å²) in [6.07, 6.45) is 0.687. The van der Waals surface area contributed by atoms with Gasteiger partial charge in [0.25, 0.3) is 0 Å². The van der Waals surface area contributed by atoms with Gasteiger partial charge in [-0.25, -0.2) is 9.78 Å². The summed E-state index contributed by atoms with van der Waals surface area (Å²) in [5.41, 5.74) is 5.74. The summed E-state index contributed by atoms with van der Waals surface area (Å²) in [7, 11) is 0. The van der Waals surface area contributed by atoms with Gasteiger partial charge in [0.1, 0.15) is 18.1 Å². The molecule has 0 aromatic carbocycles. The Kier molecular flexibility index (Phi) is 10.4. The molecular formula is C17H24N6O10. The summed E-state index contributed by atoms with van der Waals surface area (Å²) in [5.74, 6) is -7.65. The van der Waals surface area contributed by atoms with Gasteiger partial charge in [-0.05, 0) is 0 Å². The van der Waals surface area contributed by atoms with E-state index in [1.165, 1.54) is 12.5 Å². The maximum Gasteiger partial charge on any atom is 0.326 e. The van der Waals surface area contributed by atoms with Crippen LogP contribution in [0.2, 0.25) is 0 Å².